The van der Waals surface area contributed by atoms with Crippen LogP contribution in [0.1, 0.15) is 11.1 Å². The van der Waals surface area contributed by atoms with Gasteiger partial charge in [0.1, 0.15) is 0 Å². The van der Waals surface area contributed by atoms with Gasteiger partial charge in [-0.15, -0.1) is 11.3 Å². The van der Waals surface area contributed by atoms with E-state index < -0.39 is 0 Å². The quantitative estimate of drug-likeness (QED) is 0.570. The number of nitrogens with zero attached hydrogens (tertiary/aromatic N) is 1. The van der Waals surface area contributed by atoms with E-state index in [-0.39, 0.29) is 0 Å². The number of fused-ring (bicyclic) bond motifs is 7. The van der Waals surface area contributed by atoms with Crippen molar-refractivity contribution in [2.24, 2.45) is 0 Å². The number of benzene rings is 2. The fraction of sp³-hybridized carbons (Fsp3) is 0.111. The van der Waals surface area contributed by atoms with Gasteiger partial charge in [0, 0.05) is 44.5 Å². The van der Waals surface area contributed by atoms with Gasteiger partial charge in [-0.3, -0.25) is 0 Å². The molecule has 0 radical (unpaired) electrons. The van der Waals surface area contributed by atoms with Gasteiger partial charge in [-0.1, -0.05) is 42.5 Å². The highest BCUT2D eigenvalue weighted by Gasteiger charge is 2.27. The highest BCUT2D eigenvalue weighted by Crippen LogP contribution is 2.44. The Labute approximate surface area is 121 Å². The predicted octanol–water partition coefficient (Wildman–Crippen LogP) is 4.78. The Bertz CT molecular complexity index is 914. The molecule has 1 aromatic heterocycles. The number of thiophene rings is 1. The largest absolute Gasteiger partial charge is 0.363 e. The first kappa shape index (κ1) is 10.7. The van der Waals surface area contributed by atoms with Crippen LogP contribution in [0.5, 0.6) is 0 Å². The summed E-state index contributed by atoms with van der Waals surface area (Å²) in [6, 6.07) is 13.4. The molecule has 3 aromatic rings. The Morgan fingerprint density at radius 3 is 2.95 bits per heavy atom. The normalized spacial score (nSPS) is 16.6. The summed E-state index contributed by atoms with van der Waals surface area (Å²) in [5.74, 6) is 0. The molecule has 2 heteroatoms. The molecule has 0 aliphatic carbocycles. The Kier molecular flexibility index (Phi) is 2.00. The fourth-order valence-electron chi connectivity index (χ4n) is 3.39. The predicted molar refractivity (Wildman–Crippen MR) is 86.9 cm³/mol. The SMILES string of the molecule is C1=CCN2Cc3ccc4c(sc5ccccc54)c3C2=C1. The van der Waals surface area contributed by atoms with Crippen LogP contribution in [0.2, 0.25) is 0 Å². The molecule has 0 fully saturated rings. The minimum Gasteiger partial charge on any atom is -0.363 e. The smallest absolute Gasteiger partial charge is 0.0463 e. The van der Waals surface area contributed by atoms with Crippen LogP contribution in [-0.4, -0.2) is 11.4 Å². The van der Waals surface area contributed by atoms with E-state index in [9.17, 15) is 0 Å². The van der Waals surface area contributed by atoms with Crippen LogP contribution < -0.4 is 0 Å². The van der Waals surface area contributed by atoms with Crippen molar-refractivity contribution < 1.29 is 0 Å². The number of hydrogen-bond acceptors (Lipinski definition) is 2. The molecule has 0 bridgehead atoms. The molecule has 96 valence electrons. The summed E-state index contributed by atoms with van der Waals surface area (Å²) in [6.07, 6.45) is 6.68. The number of allylic oxidation sites excluding steroid dienone is 2. The number of hydrogen-bond donors (Lipinski definition) is 0. The van der Waals surface area contributed by atoms with Gasteiger partial charge in [0.2, 0.25) is 0 Å². The highest BCUT2D eigenvalue weighted by atomic mass is 32.1. The van der Waals surface area contributed by atoms with Gasteiger partial charge >= 0.3 is 0 Å². The monoisotopic (exact) mass is 275 g/mol. The van der Waals surface area contributed by atoms with E-state index in [0.29, 0.717) is 0 Å². The van der Waals surface area contributed by atoms with Gasteiger partial charge < -0.3 is 4.90 Å². The lowest BCUT2D eigenvalue weighted by Crippen LogP contribution is -2.16. The maximum Gasteiger partial charge on any atom is 0.0463 e. The first-order chi connectivity index (χ1) is 9.92. The van der Waals surface area contributed by atoms with E-state index in [1.165, 1.54) is 37.0 Å². The summed E-state index contributed by atoms with van der Waals surface area (Å²) in [5, 5.41) is 2.79. The summed E-state index contributed by atoms with van der Waals surface area (Å²) in [5.41, 5.74) is 4.34. The van der Waals surface area contributed by atoms with Crippen molar-refractivity contribution in [1.82, 2.24) is 4.90 Å². The lowest BCUT2D eigenvalue weighted by molar-refractivity contribution is 0.451. The molecule has 0 unspecified atom stereocenters. The number of rotatable bonds is 0. The van der Waals surface area contributed by atoms with Crippen molar-refractivity contribution in [2.75, 3.05) is 6.54 Å². The van der Waals surface area contributed by atoms with Gasteiger partial charge in [0.25, 0.3) is 0 Å². The lowest BCUT2D eigenvalue weighted by Gasteiger charge is -2.20. The molecule has 1 nitrogen and oxygen atoms in total. The maximum absolute atomic E-state index is 2.47. The van der Waals surface area contributed by atoms with Crippen LogP contribution in [-0.2, 0) is 6.54 Å². The average molecular weight is 275 g/mol. The minimum atomic E-state index is 1.03. The molecule has 0 amide bonds. The minimum absolute atomic E-state index is 1.03. The average Bonchev–Trinajstić information content (AvgIpc) is 3.04. The van der Waals surface area contributed by atoms with Crippen LogP contribution in [0.15, 0.2) is 54.6 Å². The van der Waals surface area contributed by atoms with Gasteiger partial charge in [-0.25, -0.2) is 0 Å². The van der Waals surface area contributed by atoms with Crippen LogP contribution >= 0.6 is 11.3 Å². The third kappa shape index (κ3) is 1.27. The van der Waals surface area contributed by atoms with E-state index in [1.807, 2.05) is 11.3 Å². The van der Waals surface area contributed by atoms with Crippen LogP contribution in [0.3, 0.4) is 0 Å². The molecule has 5 rings (SSSR count). The summed E-state index contributed by atoms with van der Waals surface area (Å²) in [4.78, 5) is 2.47. The van der Waals surface area contributed by atoms with Crippen molar-refractivity contribution in [3.63, 3.8) is 0 Å². The molecule has 0 N–H and O–H groups in total. The van der Waals surface area contributed by atoms with Crippen LogP contribution in [0.25, 0.3) is 25.9 Å². The van der Waals surface area contributed by atoms with Gasteiger partial charge in [-0.05, 0) is 17.7 Å². The maximum atomic E-state index is 2.47. The second-order valence-corrected chi connectivity index (χ2v) is 6.49. The molecule has 2 aliphatic heterocycles. The Morgan fingerprint density at radius 1 is 1.00 bits per heavy atom. The molecule has 0 saturated carbocycles. The molecule has 20 heavy (non-hydrogen) atoms. The van der Waals surface area contributed by atoms with E-state index in [0.717, 1.165) is 13.1 Å². The Hall–Kier alpha value is -2.06. The highest BCUT2D eigenvalue weighted by molar-refractivity contribution is 7.26. The molecule has 0 spiro atoms. The molecule has 2 aromatic carbocycles. The Balaban J connectivity index is 1.93. The van der Waals surface area contributed by atoms with Crippen molar-refractivity contribution in [1.29, 1.82) is 0 Å². The summed E-state index contributed by atoms with van der Waals surface area (Å²) >= 11 is 1.93. The van der Waals surface area contributed by atoms with Crippen LogP contribution in [0.4, 0.5) is 0 Å². The standard InChI is InChI=1S/C18H13NS/c1-2-7-16-13(5-1)14-9-8-12-11-19-10-4-3-6-15(19)17(12)18(14)20-16/h1-9H,10-11H2. The molecule has 0 saturated heterocycles. The van der Waals surface area contributed by atoms with Gasteiger partial charge in [0.15, 0.2) is 0 Å². The fourth-order valence-corrected chi connectivity index (χ4v) is 4.67. The third-order valence-electron chi connectivity index (χ3n) is 4.31. The molecular formula is C18H13NS. The van der Waals surface area contributed by atoms with Crippen LogP contribution in [0, 0.1) is 0 Å². The zero-order valence-electron chi connectivity index (χ0n) is 11.0. The van der Waals surface area contributed by atoms with E-state index in [2.05, 4.69) is 59.5 Å². The topological polar surface area (TPSA) is 3.24 Å². The van der Waals surface area contributed by atoms with E-state index >= 15 is 0 Å². The molecule has 2 aliphatic rings. The Morgan fingerprint density at radius 2 is 1.95 bits per heavy atom. The van der Waals surface area contributed by atoms with Crippen molar-refractivity contribution in [3.05, 3.63) is 65.8 Å². The van der Waals surface area contributed by atoms with Crippen molar-refractivity contribution >= 4 is 37.2 Å². The van der Waals surface area contributed by atoms with E-state index in [1.54, 1.807) is 0 Å². The first-order valence-corrected chi connectivity index (χ1v) is 7.79. The second-order valence-electron chi connectivity index (χ2n) is 5.44. The van der Waals surface area contributed by atoms with Crippen molar-refractivity contribution in [2.45, 2.75) is 6.54 Å². The van der Waals surface area contributed by atoms with Gasteiger partial charge in [-0.2, -0.15) is 0 Å². The molecule has 0 atom stereocenters. The summed E-state index contributed by atoms with van der Waals surface area (Å²) in [7, 11) is 0. The zero-order valence-corrected chi connectivity index (χ0v) is 11.8. The summed E-state index contributed by atoms with van der Waals surface area (Å²) < 4.78 is 2.84. The van der Waals surface area contributed by atoms with Crippen molar-refractivity contribution in [3.8, 4) is 0 Å². The zero-order chi connectivity index (χ0) is 13.1. The third-order valence-corrected chi connectivity index (χ3v) is 5.51. The van der Waals surface area contributed by atoms with Gasteiger partial charge in [0.05, 0.1) is 0 Å². The molecule has 3 heterocycles. The second kappa shape index (κ2) is 3.74. The first-order valence-electron chi connectivity index (χ1n) is 6.97. The van der Waals surface area contributed by atoms with E-state index in [4.69, 9.17) is 0 Å². The molecular weight excluding hydrogens is 262 g/mol. The lowest BCUT2D eigenvalue weighted by atomic mass is 10.0. The summed E-state index contributed by atoms with van der Waals surface area (Å²) in [6.45, 7) is 2.09.